The number of amides is 1. The molecule has 0 spiro atoms. The minimum atomic E-state index is -1.06. The lowest BCUT2D eigenvalue weighted by molar-refractivity contribution is -0.121. The van der Waals surface area contributed by atoms with E-state index < -0.39 is 5.60 Å². The Labute approximate surface area is 132 Å². The van der Waals surface area contributed by atoms with Crippen LogP contribution in [0.15, 0.2) is 47.4 Å². The molecule has 22 heavy (non-hydrogen) atoms. The van der Waals surface area contributed by atoms with Gasteiger partial charge in [-0.1, -0.05) is 6.07 Å². The van der Waals surface area contributed by atoms with Gasteiger partial charge in [-0.25, -0.2) is 4.98 Å². The minimum Gasteiger partial charge on any atom is -0.384 e. The number of pyridine rings is 1. The van der Waals surface area contributed by atoms with E-state index in [1.165, 1.54) is 11.3 Å². The summed E-state index contributed by atoms with van der Waals surface area (Å²) in [4.78, 5) is 16.4. The molecular formula is C16H17N3O2S. The Balaban J connectivity index is 1.60. The minimum absolute atomic E-state index is 0.154. The summed E-state index contributed by atoms with van der Waals surface area (Å²) in [5.41, 5.74) is 1.27. The second-order valence-corrected chi connectivity index (χ2v) is 6.22. The second-order valence-electron chi connectivity index (χ2n) is 5.44. The number of aromatic nitrogens is 2. The molecule has 0 aromatic carbocycles. The van der Waals surface area contributed by atoms with E-state index in [4.69, 9.17) is 0 Å². The van der Waals surface area contributed by atoms with Gasteiger partial charge in [0.2, 0.25) is 5.91 Å². The van der Waals surface area contributed by atoms with Crippen LogP contribution in [-0.4, -0.2) is 26.9 Å². The number of fused-ring (bicyclic) bond motifs is 1. The third-order valence-corrected chi connectivity index (χ3v) is 4.21. The highest BCUT2D eigenvalue weighted by Crippen LogP contribution is 2.22. The van der Waals surface area contributed by atoms with Gasteiger partial charge >= 0.3 is 0 Å². The van der Waals surface area contributed by atoms with E-state index in [9.17, 15) is 9.90 Å². The number of rotatable bonds is 5. The highest BCUT2D eigenvalue weighted by atomic mass is 32.1. The Morgan fingerprint density at radius 3 is 3.05 bits per heavy atom. The van der Waals surface area contributed by atoms with Gasteiger partial charge in [0.05, 0.1) is 18.7 Å². The molecule has 0 radical (unpaired) electrons. The maximum absolute atomic E-state index is 12.0. The summed E-state index contributed by atoms with van der Waals surface area (Å²) in [5, 5.41) is 16.9. The number of carbonyl (C=O) groups is 1. The average Bonchev–Trinajstić information content (AvgIpc) is 3.14. The van der Waals surface area contributed by atoms with Crippen LogP contribution in [0.1, 0.15) is 18.2 Å². The van der Waals surface area contributed by atoms with Crippen molar-refractivity contribution >= 4 is 22.9 Å². The summed E-state index contributed by atoms with van der Waals surface area (Å²) in [6.45, 7) is 1.87. The van der Waals surface area contributed by atoms with E-state index in [-0.39, 0.29) is 18.9 Å². The average molecular weight is 315 g/mol. The second kappa shape index (κ2) is 5.90. The highest BCUT2D eigenvalue weighted by molar-refractivity contribution is 7.08. The lowest BCUT2D eigenvalue weighted by Gasteiger charge is -2.22. The van der Waals surface area contributed by atoms with Crippen LogP contribution in [-0.2, 0) is 16.8 Å². The molecule has 0 saturated heterocycles. The molecule has 2 N–H and O–H groups in total. The fraction of sp³-hybridized carbons (Fsp3) is 0.250. The molecule has 3 rings (SSSR count). The van der Waals surface area contributed by atoms with Crippen molar-refractivity contribution in [2.24, 2.45) is 0 Å². The molecule has 1 atom stereocenters. The molecule has 0 bridgehead atoms. The normalized spacial score (nSPS) is 13.9. The third-order valence-electron chi connectivity index (χ3n) is 3.53. The molecule has 114 valence electrons. The van der Waals surface area contributed by atoms with Crippen LogP contribution in [0.4, 0.5) is 0 Å². The smallest absolute Gasteiger partial charge is 0.226 e. The molecule has 0 aliphatic carbocycles. The van der Waals surface area contributed by atoms with Crippen LogP contribution < -0.4 is 5.32 Å². The van der Waals surface area contributed by atoms with Gasteiger partial charge in [-0.05, 0) is 41.4 Å². The van der Waals surface area contributed by atoms with Crippen LogP contribution in [0.25, 0.3) is 5.65 Å². The van der Waals surface area contributed by atoms with Crippen molar-refractivity contribution in [3.8, 4) is 0 Å². The van der Waals surface area contributed by atoms with E-state index in [0.717, 1.165) is 11.2 Å². The lowest BCUT2D eigenvalue weighted by atomic mass is 9.99. The fourth-order valence-electron chi connectivity index (χ4n) is 2.24. The molecule has 3 aromatic rings. The van der Waals surface area contributed by atoms with Gasteiger partial charge in [0, 0.05) is 12.4 Å². The van der Waals surface area contributed by atoms with Crippen molar-refractivity contribution in [3.05, 3.63) is 58.7 Å². The van der Waals surface area contributed by atoms with Crippen LogP contribution in [0, 0.1) is 0 Å². The molecule has 0 aliphatic heterocycles. The summed E-state index contributed by atoms with van der Waals surface area (Å²) in [5.74, 6) is -0.154. The monoisotopic (exact) mass is 315 g/mol. The summed E-state index contributed by atoms with van der Waals surface area (Å²) in [6, 6.07) is 7.57. The number of nitrogens with zero attached hydrogens (tertiary/aromatic N) is 2. The standard InChI is InChI=1S/C16H17N3O2S/c1-16(21,12-5-7-22-10-12)11-17-15(20)8-13-9-19-6-3-2-4-14(19)18-13/h2-7,9-10,21H,8,11H2,1H3,(H,17,20). The molecule has 1 unspecified atom stereocenters. The highest BCUT2D eigenvalue weighted by Gasteiger charge is 2.24. The van der Waals surface area contributed by atoms with Crippen molar-refractivity contribution in [1.82, 2.24) is 14.7 Å². The Hall–Kier alpha value is -2.18. The largest absolute Gasteiger partial charge is 0.384 e. The summed E-state index contributed by atoms with van der Waals surface area (Å²) < 4.78 is 1.88. The molecule has 0 aliphatic rings. The SMILES string of the molecule is CC(O)(CNC(=O)Cc1cn2ccccc2n1)c1ccsc1. The molecule has 0 saturated carbocycles. The number of carbonyl (C=O) groups excluding carboxylic acids is 1. The summed E-state index contributed by atoms with van der Waals surface area (Å²) in [6.07, 6.45) is 3.93. The number of nitrogens with one attached hydrogen (secondary N) is 1. The number of imidazole rings is 1. The predicted molar refractivity (Wildman–Crippen MR) is 85.8 cm³/mol. The van der Waals surface area contributed by atoms with Crippen molar-refractivity contribution in [2.45, 2.75) is 18.9 Å². The van der Waals surface area contributed by atoms with Gasteiger partial charge in [-0.2, -0.15) is 11.3 Å². The first-order valence-corrected chi connectivity index (χ1v) is 7.93. The van der Waals surface area contributed by atoms with E-state index >= 15 is 0 Å². The number of hydrogen-bond acceptors (Lipinski definition) is 4. The van der Waals surface area contributed by atoms with Gasteiger partial charge in [0.1, 0.15) is 11.2 Å². The molecular weight excluding hydrogens is 298 g/mol. The first kappa shape index (κ1) is 14.7. The molecule has 5 nitrogen and oxygen atoms in total. The van der Waals surface area contributed by atoms with Gasteiger partial charge in [-0.15, -0.1) is 0 Å². The van der Waals surface area contributed by atoms with Crippen LogP contribution in [0.3, 0.4) is 0 Å². The third kappa shape index (κ3) is 3.18. The van der Waals surface area contributed by atoms with E-state index in [1.807, 2.05) is 51.8 Å². The first-order chi connectivity index (χ1) is 10.5. The quantitative estimate of drug-likeness (QED) is 0.756. The molecule has 3 heterocycles. The zero-order chi connectivity index (χ0) is 15.6. The van der Waals surface area contributed by atoms with Crippen molar-refractivity contribution in [1.29, 1.82) is 0 Å². The van der Waals surface area contributed by atoms with Crippen molar-refractivity contribution in [3.63, 3.8) is 0 Å². The topological polar surface area (TPSA) is 66.6 Å². The van der Waals surface area contributed by atoms with E-state index in [2.05, 4.69) is 10.3 Å². The lowest BCUT2D eigenvalue weighted by Crippen LogP contribution is -2.39. The van der Waals surface area contributed by atoms with Gasteiger partial charge in [0.25, 0.3) is 0 Å². The Morgan fingerprint density at radius 1 is 1.45 bits per heavy atom. The molecule has 6 heteroatoms. The number of hydrogen-bond donors (Lipinski definition) is 2. The fourth-order valence-corrected chi connectivity index (χ4v) is 3.03. The van der Waals surface area contributed by atoms with Crippen molar-refractivity contribution in [2.75, 3.05) is 6.54 Å². The van der Waals surface area contributed by atoms with E-state index in [0.29, 0.717) is 5.69 Å². The summed E-state index contributed by atoms with van der Waals surface area (Å²) in [7, 11) is 0. The van der Waals surface area contributed by atoms with Gasteiger partial charge in [-0.3, -0.25) is 4.79 Å². The van der Waals surface area contributed by atoms with Crippen LogP contribution in [0.2, 0.25) is 0 Å². The molecule has 3 aromatic heterocycles. The molecule has 1 amide bonds. The maximum Gasteiger partial charge on any atom is 0.226 e. The van der Waals surface area contributed by atoms with Gasteiger partial charge in [0.15, 0.2) is 0 Å². The maximum atomic E-state index is 12.0. The zero-order valence-electron chi connectivity index (χ0n) is 12.2. The van der Waals surface area contributed by atoms with Crippen LogP contribution in [0.5, 0.6) is 0 Å². The molecule has 0 fully saturated rings. The first-order valence-electron chi connectivity index (χ1n) is 6.99. The summed E-state index contributed by atoms with van der Waals surface area (Å²) >= 11 is 1.52. The van der Waals surface area contributed by atoms with E-state index in [1.54, 1.807) is 6.92 Å². The predicted octanol–water partition coefficient (Wildman–Crippen LogP) is 1.96. The van der Waals surface area contributed by atoms with Crippen LogP contribution >= 0.6 is 11.3 Å². The number of thiophene rings is 1. The Morgan fingerprint density at radius 2 is 2.32 bits per heavy atom. The zero-order valence-corrected chi connectivity index (χ0v) is 13.0. The van der Waals surface area contributed by atoms with Gasteiger partial charge < -0.3 is 14.8 Å². The number of aliphatic hydroxyl groups is 1. The Kier molecular flexibility index (Phi) is 3.96. The van der Waals surface area contributed by atoms with Crippen molar-refractivity contribution < 1.29 is 9.90 Å². The Bertz CT molecular complexity index is 745.